The molecule has 6 nitrogen and oxygen atoms in total. The number of nitrogens with zero attached hydrogens (tertiary/aromatic N) is 1. The highest BCUT2D eigenvalue weighted by Gasteiger charge is 2.34. The van der Waals surface area contributed by atoms with E-state index in [1.807, 2.05) is 72.8 Å². The van der Waals surface area contributed by atoms with Gasteiger partial charge in [0.1, 0.15) is 17.2 Å². The molecule has 0 aromatic heterocycles. The van der Waals surface area contributed by atoms with E-state index >= 15 is 0 Å². The van der Waals surface area contributed by atoms with Gasteiger partial charge in [0.25, 0.3) is 0 Å². The zero-order valence-electron chi connectivity index (χ0n) is 17.8. The molecule has 5 rings (SSSR count). The molecule has 0 aliphatic carbocycles. The van der Waals surface area contributed by atoms with Gasteiger partial charge in [0.15, 0.2) is 0 Å². The first-order chi connectivity index (χ1) is 15.6. The summed E-state index contributed by atoms with van der Waals surface area (Å²) in [5, 5.41) is 3.09. The average Bonchev–Trinajstić information content (AvgIpc) is 3.21. The number of methoxy groups -OCH3 is 1. The number of carbonyl (C=O) groups is 2. The Morgan fingerprint density at radius 1 is 1.00 bits per heavy atom. The van der Waals surface area contributed by atoms with Crippen molar-refractivity contribution in [2.24, 2.45) is 5.92 Å². The van der Waals surface area contributed by atoms with Crippen LogP contribution in [0.25, 0.3) is 0 Å². The second-order valence-electron chi connectivity index (χ2n) is 8.13. The zero-order chi connectivity index (χ0) is 22.1. The Morgan fingerprint density at radius 3 is 2.25 bits per heavy atom. The van der Waals surface area contributed by atoms with Crippen LogP contribution in [0.5, 0.6) is 17.2 Å². The molecule has 1 atom stereocenters. The van der Waals surface area contributed by atoms with Gasteiger partial charge in [-0.15, -0.1) is 0 Å². The minimum Gasteiger partial charge on any atom is -0.497 e. The summed E-state index contributed by atoms with van der Waals surface area (Å²) in [6.45, 7) is 1.02. The molecule has 2 heterocycles. The molecular formula is C26H24N2O4. The fourth-order valence-electron chi connectivity index (χ4n) is 4.47. The molecule has 0 unspecified atom stereocenters. The molecule has 162 valence electrons. The molecule has 2 aliphatic rings. The highest BCUT2D eigenvalue weighted by atomic mass is 16.5. The summed E-state index contributed by atoms with van der Waals surface area (Å²) >= 11 is 0. The van der Waals surface area contributed by atoms with E-state index < -0.39 is 5.92 Å². The van der Waals surface area contributed by atoms with E-state index in [4.69, 9.17) is 9.47 Å². The van der Waals surface area contributed by atoms with Gasteiger partial charge in [0, 0.05) is 42.2 Å². The lowest BCUT2D eigenvalue weighted by Crippen LogP contribution is -2.35. The minimum absolute atomic E-state index is 0.0545. The first-order valence-corrected chi connectivity index (χ1v) is 10.7. The van der Waals surface area contributed by atoms with E-state index in [1.54, 1.807) is 12.0 Å². The average molecular weight is 428 g/mol. The molecule has 2 aliphatic heterocycles. The molecule has 0 spiro atoms. The van der Waals surface area contributed by atoms with Gasteiger partial charge in [-0.1, -0.05) is 36.4 Å². The first-order valence-electron chi connectivity index (χ1n) is 10.7. The smallest absolute Gasteiger partial charge is 0.232 e. The standard InChI is InChI=1S/C26H24N2O4/c1-31-19-12-10-18(11-13-19)28-16-17(14-24(28)29)15-27-26(30)25-20-6-2-4-8-22(20)32-23-9-5-3-7-21(23)25/h2-13,17,25H,14-16H2,1H3,(H,27,30)/t17-/m0/s1. The molecular weight excluding hydrogens is 404 g/mol. The number of amides is 2. The van der Waals surface area contributed by atoms with E-state index in [2.05, 4.69) is 5.32 Å². The molecule has 3 aromatic rings. The Labute approximate surface area is 186 Å². The first kappa shape index (κ1) is 20.1. The topological polar surface area (TPSA) is 67.9 Å². The lowest BCUT2D eigenvalue weighted by Gasteiger charge is -2.27. The number of carbonyl (C=O) groups excluding carboxylic acids is 2. The van der Waals surface area contributed by atoms with Crippen molar-refractivity contribution in [2.75, 3.05) is 25.1 Å². The van der Waals surface area contributed by atoms with E-state index in [-0.39, 0.29) is 17.7 Å². The summed E-state index contributed by atoms with van der Waals surface area (Å²) in [6.07, 6.45) is 0.410. The van der Waals surface area contributed by atoms with Gasteiger partial charge in [0.05, 0.1) is 13.0 Å². The van der Waals surface area contributed by atoms with Crippen molar-refractivity contribution in [1.82, 2.24) is 5.32 Å². The Morgan fingerprint density at radius 2 is 1.62 bits per heavy atom. The molecule has 0 radical (unpaired) electrons. The van der Waals surface area contributed by atoms with E-state index in [0.717, 1.165) is 22.6 Å². The monoisotopic (exact) mass is 428 g/mol. The third kappa shape index (κ3) is 3.68. The van der Waals surface area contributed by atoms with Crippen LogP contribution in [0.3, 0.4) is 0 Å². The van der Waals surface area contributed by atoms with Crippen LogP contribution < -0.4 is 19.7 Å². The van der Waals surface area contributed by atoms with Crippen molar-refractivity contribution >= 4 is 17.5 Å². The van der Waals surface area contributed by atoms with Crippen molar-refractivity contribution in [1.29, 1.82) is 0 Å². The van der Waals surface area contributed by atoms with E-state index in [0.29, 0.717) is 31.0 Å². The highest BCUT2D eigenvalue weighted by Crippen LogP contribution is 2.43. The lowest BCUT2D eigenvalue weighted by atomic mass is 9.87. The third-order valence-electron chi connectivity index (χ3n) is 6.10. The third-order valence-corrected chi connectivity index (χ3v) is 6.10. The number of ether oxygens (including phenoxy) is 2. The molecule has 0 bridgehead atoms. The lowest BCUT2D eigenvalue weighted by molar-refractivity contribution is -0.122. The van der Waals surface area contributed by atoms with Crippen molar-refractivity contribution in [3.63, 3.8) is 0 Å². The summed E-state index contributed by atoms with van der Waals surface area (Å²) in [4.78, 5) is 27.7. The number of anilines is 1. The summed E-state index contributed by atoms with van der Waals surface area (Å²) in [5.41, 5.74) is 2.55. The van der Waals surface area contributed by atoms with Crippen molar-refractivity contribution in [3.05, 3.63) is 83.9 Å². The van der Waals surface area contributed by atoms with Crippen LogP contribution in [-0.2, 0) is 9.59 Å². The molecule has 1 N–H and O–H groups in total. The van der Waals surface area contributed by atoms with Gasteiger partial charge in [-0.2, -0.15) is 0 Å². The van der Waals surface area contributed by atoms with Gasteiger partial charge in [0.2, 0.25) is 11.8 Å². The molecule has 1 fully saturated rings. The maximum Gasteiger partial charge on any atom is 0.232 e. The molecule has 2 amide bonds. The van der Waals surface area contributed by atoms with Crippen molar-refractivity contribution < 1.29 is 19.1 Å². The number of hydrogen-bond acceptors (Lipinski definition) is 4. The SMILES string of the molecule is COc1ccc(N2C[C@H](CNC(=O)C3c4ccccc4Oc4ccccc43)CC2=O)cc1. The predicted octanol–water partition coefficient (Wildman–Crippen LogP) is 4.10. The normalized spacial score (nSPS) is 17.3. The van der Waals surface area contributed by atoms with Crippen LogP contribution in [0.1, 0.15) is 23.5 Å². The van der Waals surface area contributed by atoms with Crippen LogP contribution in [0, 0.1) is 5.92 Å². The second kappa shape index (κ2) is 8.38. The van der Waals surface area contributed by atoms with Gasteiger partial charge < -0.3 is 19.7 Å². The summed E-state index contributed by atoms with van der Waals surface area (Å²) in [6, 6.07) is 22.7. The second-order valence-corrected chi connectivity index (χ2v) is 8.13. The van der Waals surface area contributed by atoms with Gasteiger partial charge in [-0.25, -0.2) is 0 Å². The molecule has 1 saturated heterocycles. The quantitative estimate of drug-likeness (QED) is 0.664. The number of benzene rings is 3. The summed E-state index contributed by atoms with van der Waals surface area (Å²) in [7, 11) is 1.62. The number of nitrogens with one attached hydrogen (secondary N) is 1. The van der Waals surface area contributed by atoms with Crippen LogP contribution in [-0.4, -0.2) is 32.0 Å². The van der Waals surface area contributed by atoms with Crippen molar-refractivity contribution in [2.45, 2.75) is 12.3 Å². The largest absolute Gasteiger partial charge is 0.497 e. The molecule has 6 heteroatoms. The van der Waals surface area contributed by atoms with Crippen LogP contribution in [0.15, 0.2) is 72.8 Å². The molecule has 32 heavy (non-hydrogen) atoms. The van der Waals surface area contributed by atoms with Gasteiger partial charge in [-0.05, 0) is 36.4 Å². The molecule has 0 saturated carbocycles. The number of hydrogen-bond donors (Lipinski definition) is 1. The van der Waals surface area contributed by atoms with E-state index in [1.165, 1.54) is 0 Å². The van der Waals surface area contributed by atoms with E-state index in [9.17, 15) is 9.59 Å². The summed E-state index contributed by atoms with van der Waals surface area (Å²) in [5.74, 6) is 1.76. The summed E-state index contributed by atoms with van der Waals surface area (Å²) < 4.78 is 11.2. The Hall–Kier alpha value is -3.80. The number of para-hydroxylation sites is 2. The van der Waals surface area contributed by atoms with Crippen LogP contribution in [0.4, 0.5) is 5.69 Å². The minimum atomic E-state index is -0.439. The molecule has 3 aromatic carbocycles. The Kier molecular flexibility index (Phi) is 5.27. The van der Waals surface area contributed by atoms with Gasteiger partial charge in [-0.3, -0.25) is 9.59 Å². The Balaban J connectivity index is 1.29. The zero-order valence-corrected chi connectivity index (χ0v) is 17.8. The number of rotatable bonds is 5. The fourth-order valence-corrected chi connectivity index (χ4v) is 4.47. The Bertz CT molecular complexity index is 1110. The predicted molar refractivity (Wildman–Crippen MR) is 121 cm³/mol. The van der Waals surface area contributed by atoms with Crippen LogP contribution in [0.2, 0.25) is 0 Å². The maximum absolute atomic E-state index is 13.3. The van der Waals surface area contributed by atoms with Crippen molar-refractivity contribution in [3.8, 4) is 17.2 Å². The van der Waals surface area contributed by atoms with Gasteiger partial charge >= 0.3 is 0 Å². The highest BCUT2D eigenvalue weighted by molar-refractivity contribution is 5.96. The maximum atomic E-state index is 13.3. The van der Waals surface area contributed by atoms with Crippen LogP contribution >= 0.6 is 0 Å². The fraction of sp³-hybridized carbons (Fsp3) is 0.231. The number of fused-ring (bicyclic) bond motifs is 2.